The van der Waals surface area contributed by atoms with Crippen LogP contribution in [0.5, 0.6) is 0 Å². The lowest BCUT2D eigenvalue weighted by Crippen LogP contribution is -2.43. The molecule has 0 fully saturated rings. The van der Waals surface area contributed by atoms with Gasteiger partial charge in [0, 0.05) is 6.42 Å². The highest BCUT2D eigenvalue weighted by molar-refractivity contribution is 5.71. The third-order valence-corrected chi connectivity index (χ3v) is 7.08. The van der Waals surface area contributed by atoms with E-state index in [2.05, 4.69) is 13.8 Å². The van der Waals surface area contributed by atoms with Crippen LogP contribution in [-0.4, -0.2) is 55.3 Å². The first-order valence-electron chi connectivity index (χ1n) is 15.4. The third kappa shape index (κ3) is 26.0. The fourth-order valence-electron chi connectivity index (χ4n) is 4.96. The van der Waals surface area contributed by atoms with E-state index in [0.717, 1.165) is 18.8 Å². The molecule has 0 aliphatic rings. The number of carbonyl (C=O) groups is 2. The van der Waals surface area contributed by atoms with Crippen molar-refractivity contribution in [1.29, 1.82) is 0 Å². The van der Waals surface area contributed by atoms with Gasteiger partial charge in [-0.25, -0.2) is 0 Å². The fourth-order valence-corrected chi connectivity index (χ4v) is 4.96. The second-order valence-corrected chi connectivity index (χ2v) is 12.3. The molecule has 0 bridgehead atoms. The van der Waals surface area contributed by atoms with Gasteiger partial charge in [0.25, 0.3) is 0 Å². The van der Waals surface area contributed by atoms with Crippen LogP contribution in [0.25, 0.3) is 0 Å². The zero-order valence-corrected chi connectivity index (χ0v) is 24.8. The largest absolute Gasteiger partial charge is 0.481 e. The summed E-state index contributed by atoms with van der Waals surface area (Å²) in [5, 5.41) is 9.05. The Bertz CT molecular complexity index is 529. The van der Waals surface area contributed by atoms with Crippen molar-refractivity contribution in [2.24, 2.45) is 5.92 Å². The van der Waals surface area contributed by atoms with Crippen molar-refractivity contribution in [3.05, 3.63) is 0 Å². The molecule has 0 aliphatic heterocycles. The van der Waals surface area contributed by atoms with Gasteiger partial charge < -0.3 is 14.3 Å². The molecule has 2 atom stereocenters. The quantitative estimate of drug-likeness (QED) is 0.0716. The van der Waals surface area contributed by atoms with Gasteiger partial charge in [-0.15, -0.1) is 0 Å². The maximum Gasteiger partial charge on any atom is 0.307 e. The van der Waals surface area contributed by atoms with Gasteiger partial charge in [-0.1, -0.05) is 129 Å². The summed E-state index contributed by atoms with van der Waals surface area (Å²) in [5.41, 5.74) is 0. The summed E-state index contributed by atoms with van der Waals surface area (Å²) in [6, 6.07) is 0. The van der Waals surface area contributed by atoms with E-state index in [1.165, 1.54) is 109 Å². The van der Waals surface area contributed by atoms with Crippen molar-refractivity contribution >= 4 is 11.9 Å². The molecule has 214 valence electrons. The summed E-state index contributed by atoms with van der Waals surface area (Å²) in [4.78, 5) is 23.1. The molecular formula is C31H62NO4+. The van der Waals surface area contributed by atoms with E-state index < -0.39 is 12.1 Å². The Morgan fingerprint density at radius 1 is 0.694 bits per heavy atom. The molecule has 0 aromatic carbocycles. The number of likely N-dealkylation sites (N-methyl/N-ethyl adjacent to an activating group) is 1. The number of esters is 1. The molecular weight excluding hydrogens is 450 g/mol. The normalized spacial score (nSPS) is 13.5. The maximum atomic E-state index is 12.1. The molecule has 2 unspecified atom stereocenters. The Morgan fingerprint density at radius 3 is 1.53 bits per heavy atom. The Balaban J connectivity index is 3.49. The molecule has 0 spiro atoms. The Kier molecular flexibility index (Phi) is 22.3. The van der Waals surface area contributed by atoms with Crippen LogP contribution in [0.1, 0.15) is 149 Å². The first-order valence-corrected chi connectivity index (χ1v) is 15.4. The fraction of sp³-hybridized carbons (Fsp3) is 0.935. The number of hydrogen-bond donors (Lipinski definition) is 1. The molecule has 0 amide bonds. The monoisotopic (exact) mass is 512 g/mol. The molecule has 0 saturated heterocycles. The summed E-state index contributed by atoms with van der Waals surface area (Å²) in [6.45, 7) is 5.23. The second kappa shape index (κ2) is 23.0. The standard InChI is InChI=1S/C31H61NO4/c1-6-7-8-20-23-28(2)24-21-18-16-14-12-10-9-11-13-15-17-19-22-25-31(35)36-29(26-30(33)34)27-32(3,4)5/h28-29H,6-27H2,1-5H3/p+1. The van der Waals surface area contributed by atoms with Crippen molar-refractivity contribution in [3.63, 3.8) is 0 Å². The molecule has 0 aromatic heterocycles. The van der Waals surface area contributed by atoms with Gasteiger partial charge in [-0.05, 0) is 12.3 Å². The Hall–Kier alpha value is -1.10. The molecule has 5 heteroatoms. The lowest BCUT2D eigenvalue weighted by Gasteiger charge is -2.28. The minimum absolute atomic E-state index is 0.125. The van der Waals surface area contributed by atoms with E-state index in [-0.39, 0.29) is 12.4 Å². The van der Waals surface area contributed by atoms with Crippen LogP contribution in [0.2, 0.25) is 0 Å². The summed E-state index contributed by atoms with van der Waals surface area (Å²) >= 11 is 0. The van der Waals surface area contributed by atoms with Crippen molar-refractivity contribution in [3.8, 4) is 0 Å². The molecule has 0 radical (unpaired) electrons. The zero-order valence-electron chi connectivity index (χ0n) is 24.8. The van der Waals surface area contributed by atoms with Crippen LogP contribution in [0, 0.1) is 5.92 Å². The highest BCUT2D eigenvalue weighted by atomic mass is 16.5. The number of nitrogens with zero attached hydrogens (tertiary/aromatic N) is 1. The smallest absolute Gasteiger partial charge is 0.307 e. The van der Waals surface area contributed by atoms with Crippen molar-refractivity contribution in [2.75, 3.05) is 27.7 Å². The second-order valence-electron chi connectivity index (χ2n) is 12.3. The van der Waals surface area contributed by atoms with E-state index in [1.54, 1.807) is 0 Å². The summed E-state index contributed by atoms with van der Waals surface area (Å²) in [5.74, 6) is -0.258. The number of aliphatic carboxylic acids is 1. The lowest BCUT2D eigenvalue weighted by atomic mass is 9.96. The minimum Gasteiger partial charge on any atom is -0.481 e. The van der Waals surface area contributed by atoms with Crippen LogP contribution >= 0.6 is 0 Å². The van der Waals surface area contributed by atoms with Crippen LogP contribution in [0.15, 0.2) is 0 Å². The number of quaternary nitrogens is 1. The van der Waals surface area contributed by atoms with Crippen LogP contribution in [0.4, 0.5) is 0 Å². The molecule has 1 N–H and O–H groups in total. The predicted molar refractivity (Wildman–Crippen MR) is 152 cm³/mol. The topological polar surface area (TPSA) is 63.6 Å². The van der Waals surface area contributed by atoms with Gasteiger partial charge in [0.1, 0.15) is 6.54 Å². The van der Waals surface area contributed by atoms with E-state index in [9.17, 15) is 9.59 Å². The number of ether oxygens (including phenoxy) is 1. The third-order valence-electron chi connectivity index (χ3n) is 7.08. The average molecular weight is 513 g/mol. The zero-order chi connectivity index (χ0) is 27.1. The average Bonchev–Trinajstić information content (AvgIpc) is 2.77. The van der Waals surface area contributed by atoms with E-state index in [1.807, 2.05) is 21.1 Å². The molecule has 0 aromatic rings. The van der Waals surface area contributed by atoms with Gasteiger partial charge in [-0.2, -0.15) is 0 Å². The number of carbonyl (C=O) groups excluding carboxylic acids is 1. The SMILES string of the molecule is CCCCCCC(C)CCCCCCCCCCCCCCCC(=O)OC(CC(=O)O)C[N+](C)(C)C. The molecule has 0 heterocycles. The molecule has 0 aliphatic carbocycles. The van der Waals surface area contributed by atoms with Crippen molar-refractivity contribution in [1.82, 2.24) is 0 Å². The highest BCUT2D eigenvalue weighted by Gasteiger charge is 2.24. The number of carboxylic acids is 1. The van der Waals surface area contributed by atoms with Gasteiger partial charge in [0.05, 0.1) is 27.6 Å². The van der Waals surface area contributed by atoms with Crippen molar-refractivity contribution < 1.29 is 23.9 Å². The van der Waals surface area contributed by atoms with Gasteiger partial charge in [0.15, 0.2) is 6.10 Å². The molecule has 0 saturated carbocycles. The van der Waals surface area contributed by atoms with Crippen LogP contribution in [0.3, 0.4) is 0 Å². The number of carboxylic acid groups (broad SMARTS) is 1. The van der Waals surface area contributed by atoms with Crippen LogP contribution in [-0.2, 0) is 14.3 Å². The van der Waals surface area contributed by atoms with Gasteiger partial charge in [0.2, 0.25) is 0 Å². The Morgan fingerprint density at radius 2 is 1.11 bits per heavy atom. The molecule has 5 nitrogen and oxygen atoms in total. The molecule has 36 heavy (non-hydrogen) atoms. The van der Waals surface area contributed by atoms with Gasteiger partial charge in [-0.3, -0.25) is 9.59 Å². The first-order chi connectivity index (χ1) is 17.1. The highest BCUT2D eigenvalue weighted by Crippen LogP contribution is 2.18. The van der Waals surface area contributed by atoms with E-state index >= 15 is 0 Å². The first kappa shape index (κ1) is 34.9. The van der Waals surface area contributed by atoms with Crippen LogP contribution < -0.4 is 0 Å². The number of hydrogen-bond acceptors (Lipinski definition) is 3. The van der Waals surface area contributed by atoms with E-state index in [4.69, 9.17) is 9.84 Å². The molecule has 0 rings (SSSR count). The Labute approximate surface area is 224 Å². The minimum atomic E-state index is -0.922. The van der Waals surface area contributed by atoms with Crippen molar-refractivity contribution in [2.45, 2.75) is 155 Å². The van der Waals surface area contributed by atoms with E-state index in [0.29, 0.717) is 17.4 Å². The maximum absolute atomic E-state index is 12.1. The predicted octanol–water partition coefficient (Wildman–Crippen LogP) is 8.54. The van der Waals surface area contributed by atoms with Gasteiger partial charge >= 0.3 is 11.9 Å². The lowest BCUT2D eigenvalue weighted by molar-refractivity contribution is -0.873. The summed E-state index contributed by atoms with van der Waals surface area (Å²) in [6.07, 6.45) is 24.9. The summed E-state index contributed by atoms with van der Waals surface area (Å²) in [7, 11) is 5.92. The number of rotatable bonds is 26. The number of unbranched alkanes of at least 4 members (excludes halogenated alkanes) is 15. The summed E-state index contributed by atoms with van der Waals surface area (Å²) < 4.78 is 6.02.